The first-order valence-corrected chi connectivity index (χ1v) is 3.34. The summed E-state index contributed by atoms with van der Waals surface area (Å²) in [7, 11) is 0. The van der Waals surface area contributed by atoms with Crippen molar-refractivity contribution in [3.8, 4) is 0 Å². The van der Waals surface area contributed by atoms with Crippen molar-refractivity contribution < 1.29 is 41.6 Å². The molecule has 0 N–H and O–H groups in total. The zero-order valence-electron chi connectivity index (χ0n) is 7.43. The molecule has 0 spiro atoms. The zero-order valence-corrected chi connectivity index (χ0v) is 12.0. The van der Waals surface area contributed by atoms with Gasteiger partial charge in [0.2, 0.25) is 5.88 Å². The number of hydrogen-bond donors (Lipinski definition) is 0. The van der Waals surface area contributed by atoms with Crippen LogP contribution in [-0.4, -0.2) is 18.0 Å². The summed E-state index contributed by atoms with van der Waals surface area (Å²) in [5.41, 5.74) is 0. The van der Waals surface area contributed by atoms with Gasteiger partial charge in [-0.3, -0.25) is 5.11 Å². The van der Waals surface area contributed by atoms with Crippen molar-refractivity contribution in [3.05, 3.63) is 12.0 Å². The molecule has 0 saturated carbocycles. The van der Waals surface area contributed by atoms with Crippen LogP contribution in [0.2, 0.25) is 0 Å². The molecule has 0 rings (SSSR count). The van der Waals surface area contributed by atoms with Gasteiger partial charge in [0.15, 0.2) is 0 Å². The van der Waals surface area contributed by atoms with Crippen LogP contribution in [0.4, 0.5) is 0 Å². The minimum atomic E-state index is 0. The van der Waals surface area contributed by atoms with Crippen LogP contribution in [0.1, 0.15) is 20.8 Å². The minimum absolute atomic E-state index is 0. The van der Waals surface area contributed by atoms with Crippen LogP contribution < -0.4 is 17.0 Å². The van der Waals surface area contributed by atoms with E-state index in [1.165, 1.54) is 0 Å². The molecular formula is C7H14BrNOZn-. The Morgan fingerprint density at radius 2 is 1.73 bits per heavy atom. The van der Waals surface area contributed by atoms with Crippen molar-refractivity contribution in [3.63, 3.8) is 0 Å². The van der Waals surface area contributed by atoms with Crippen LogP contribution in [-0.2, 0) is 24.6 Å². The van der Waals surface area contributed by atoms with E-state index in [4.69, 9.17) is 0 Å². The first-order valence-electron chi connectivity index (χ1n) is 3.34. The second kappa shape index (κ2) is 10.4. The molecule has 4 heteroatoms. The molecule has 0 aliphatic heterocycles. The third kappa shape index (κ3) is 6.83. The molecular weight excluding hydrogens is 259 g/mol. The van der Waals surface area contributed by atoms with Gasteiger partial charge in [-0.2, -0.15) is 0 Å². The van der Waals surface area contributed by atoms with Crippen molar-refractivity contribution in [2.45, 2.75) is 20.8 Å². The van der Waals surface area contributed by atoms with Gasteiger partial charge in [0, 0.05) is 32.6 Å². The Labute approximate surface area is 92.2 Å². The zero-order chi connectivity index (χ0) is 7.28. The van der Waals surface area contributed by atoms with Crippen LogP contribution in [0, 0.1) is 0 Å². The van der Waals surface area contributed by atoms with Gasteiger partial charge in [0.25, 0.3) is 0 Å². The van der Waals surface area contributed by atoms with Crippen LogP contribution in [0.15, 0.2) is 12.0 Å². The third-order valence-electron chi connectivity index (χ3n) is 1.32. The molecule has 2 nitrogen and oxygen atoms in total. The maximum Gasteiger partial charge on any atom is 0.242 e. The fraction of sp³-hybridized carbons (Fsp3) is 0.714. The van der Waals surface area contributed by atoms with Crippen molar-refractivity contribution in [1.82, 2.24) is 4.90 Å². The van der Waals surface area contributed by atoms with Crippen molar-refractivity contribution >= 4 is 0 Å². The summed E-state index contributed by atoms with van der Waals surface area (Å²) >= 11 is 0. The van der Waals surface area contributed by atoms with Crippen molar-refractivity contribution in [2.24, 2.45) is 0 Å². The van der Waals surface area contributed by atoms with E-state index in [-0.39, 0.29) is 42.3 Å². The molecule has 0 atom stereocenters. The molecule has 0 aromatic rings. The molecule has 1 radical (unpaired) electrons. The fourth-order valence-corrected chi connectivity index (χ4v) is 0.718. The predicted molar refractivity (Wildman–Crippen MR) is 37.4 cm³/mol. The SMILES string of the molecule is CC=C([O])N(CC)CC.[Br-].[Zn]. The van der Waals surface area contributed by atoms with Gasteiger partial charge in [0.1, 0.15) is 0 Å². The first-order chi connectivity index (χ1) is 4.26. The smallest absolute Gasteiger partial charge is 0.242 e. The molecule has 0 unspecified atom stereocenters. The number of allylic oxidation sites excluding steroid dienone is 1. The average Bonchev–Trinajstić information content (AvgIpc) is 1.90. The van der Waals surface area contributed by atoms with Crippen LogP contribution in [0.5, 0.6) is 0 Å². The van der Waals surface area contributed by atoms with E-state index in [1.54, 1.807) is 17.9 Å². The van der Waals surface area contributed by atoms with Gasteiger partial charge in [-0.1, -0.05) is 0 Å². The van der Waals surface area contributed by atoms with E-state index in [0.29, 0.717) is 0 Å². The van der Waals surface area contributed by atoms with Gasteiger partial charge >= 0.3 is 0 Å². The monoisotopic (exact) mass is 271 g/mol. The summed E-state index contributed by atoms with van der Waals surface area (Å²) in [6.07, 6.45) is 1.59. The second-order valence-corrected chi connectivity index (χ2v) is 1.80. The molecule has 11 heavy (non-hydrogen) atoms. The topological polar surface area (TPSA) is 23.1 Å². The summed E-state index contributed by atoms with van der Waals surface area (Å²) in [4.78, 5) is 1.78. The van der Waals surface area contributed by atoms with Crippen molar-refractivity contribution in [2.75, 3.05) is 13.1 Å². The van der Waals surface area contributed by atoms with E-state index in [2.05, 4.69) is 0 Å². The largest absolute Gasteiger partial charge is 1.00 e. The van der Waals surface area contributed by atoms with Gasteiger partial charge in [-0.25, -0.2) is 0 Å². The second-order valence-electron chi connectivity index (χ2n) is 1.80. The fourth-order valence-electron chi connectivity index (χ4n) is 0.718. The quantitative estimate of drug-likeness (QED) is 0.459. The molecule has 0 aliphatic carbocycles. The average molecular weight is 273 g/mol. The normalized spacial score (nSPS) is 9.55. The predicted octanol–water partition coefficient (Wildman–Crippen LogP) is -1.38. The summed E-state index contributed by atoms with van der Waals surface area (Å²) < 4.78 is 0. The maximum atomic E-state index is 10.8. The number of halogens is 1. The molecule has 0 aromatic heterocycles. The Morgan fingerprint density at radius 1 is 1.36 bits per heavy atom. The van der Waals surface area contributed by atoms with Gasteiger partial charge in [-0.15, -0.1) is 0 Å². The minimum Gasteiger partial charge on any atom is -1.00 e. The van der Waals surface area contributed by atoms with Gasteiger partial charge in [0.05, 0.1) is 0 Å². The van der Waals surface area contributed by atoms with E-state index >= 15 is 0 Å². The van der Waals surface area contributed by atoms with Crippen LogP contribution in [0.25, 0.3) is 0 Å². The molecule has 0 aliphatic rings. The Kier molecular flexibility index (Phi) is 16.6. The Hall–Kier alpha value is 0.443. The summed E-state index contributed by atoms with van der Waals surface area (Å²) in [6.45, 7) is 7.33. The summed E-state index contributed by atoms with van der Waals surface area (Å²) in [5.74, 6) is 0.125. The van der Waals surface area contributed by atoms with Crippen LogP contribution in [0.3, 0.4) is 0 Å². The van der Waals surface area contributed by atoms with Crippen molar-refractivity contribution in [1.29, 1.82) is 0 Å². The Bertz CT molecular complexity index is 105. The Balaban J connectivity index is -0.000000320. The van der Waals surface area contributed by atoms with Gasteiger partial charge in [-0.05, 0) is 26.8 Å². The number of rotatable bonds is 3. The van der Waals surface area contributed by atoms with E-state index in [0.717, 1.165) is 13.1 Å². The molecule has 63 valence electrons. The maximum absolute atomic E-state index is 10.8. The summed E-state index contributed by atoms with van der Waals surface area (Å²) in [5, 5.41) is 10.8. The van der Waals surface area contributed by atoms with Crippen LogP contribution >= 0.6 is 0 Å². The molecule has 0 amide bonds. The molecule has 0 aromatic carbocycles. The Morgan fingerprint density at radius 3 is 1.82 bits per heavy atom. The van der Waals surface area contributed by atoms with E-state index < -0.39 is 0 Å². The molecule has 0 saturated heterocycles. The first kappa shape index (κ1) is 17.5. The van der Waals surface area contributed by atoms with E-state index in [9.17, 15) is 5.11 Å². The molecule has 0 heterocycles. The molecule has 0 fully saturated rings. The number of hydrogen-bond acceptors (Lipinski definition) is 1. The third-order valence-corrected chi connectivity index (χ3v) is 1.32. The number of nitrogens with zero attached hydrogens (tertiary/aromatic N) is 1. The molecule has 0 bridgehead atoms. The van der Waals surface area contributed by atoms with Gasteiger partial charge < -0.3 is 21.9 Å². The standard InChI is InChI=1S/C7H14NO.BrH.Zn/c1-4-7(9)8(5-2)6-3;;/h4H,5-6H2,1-3H3;1H;/p-1. The summed E-state index contributed by atoms with van der Waals surface area (Å²) in [6, 6.07) is 0. The van der Waals surface area contributed by atoms with E-state index in [1.807, 2.05) is 13.8 Å².